The van der Waals surface area contributed by atoms with Gasteiger partial charge in [-0.25, -0.2) is 9.59 Å². The first-order valence-electron chi connectivity index (χ1n) is 5.93. The Morgan fingerprint density at radius 1 is 1.35 bits per heavy atom. The SMILES string of the molecule is CC(CNC(=O)NCC[C@H](O)C(=O)O)C1CC1. The number of carboxylic acids is 1. The fraction of sp³-hybridized carbons (Fsp3) is 0.818. The molecule has 1 unspecified atom stereocenters. The van der Waals surface area contributed by atoms with E-state index in [0.29, 0.717) is 12.5 Å². The summed E-state index contributed by atoms with van der Waals surface area (Å²) in [5.41, 5.74) is 0. The highest BCUT2D eigenvalue weighted by Crippen LogP contribution is 2.35. The highest BCUT2D eigenvalue weighted by atomic mass is 16.4. The van der Waals surface area contributed by atoms with Gasteiger partial charge in [-0.2, -0.15) is 0 Å². The van der Waals surface area contributed by atoms with Crippen molar-refractivity contribution in [3.8, 4) is 0 Å². The van der Waals surface area contributed by atoms with E-state index >= 15 is 0 Å². The van der Waals surface area contributed by atoms with Crippen LogP contribution in [0.15, 0.2) is 0 Å². The Bertz CT molecular complexity index is 279. The van der Waals surface area contributed by atoms with E-state index in [4.69, 9.17) is 10.2 Å². The van der Waals surface area contributed by atoms with Gasteiger partial charge >= 0.3 is 12.0 Å². The molecule has 6 heteroatoms. The fourth-order valence-electron chi connectivity index (χ4n) is 1.59. The first kappa shape index (κ1) is 13.8. The predicted octanol–water partition coefficient (Wildman–Crippen LogP) is 0.167. The smallest absolute Gasteiger partial charge is 0.332 e. The van der Waals surface area contributed by atoms with E-state index in [1.54, 1.807) is 0 Å². The number of aliphatic hydroxyl groups excluding tert-OH is 1. The number of hydrogen-bond donors (Lipinski definition) is 4. The minimum absolute atomic E-state index is 0.0148. The Morgan fingerprint density at radius 3 is 2.53 bits per heavy atom. The minimum atomic E-state index is -1.42. The second-order valence-corrected chi connectivity index (χ2v) is 4.59. The normalized spacial score (nSPS) is 18.2. The molecule has 17 heavy (non-hydrogen) atoms. The first-order valence-corrected chi connectivity index (χ1v) is 5.93. The molecule has 1 aliphatic rings. The van der Waals surface area contributed by atoms with Crippen LogP contribution in [0.1, 0.15) is 26.2 Å². The van der Waals surface area contributed by atoms with Crippen LogP contribution in [-0.4, -0.2) is 41.4 Å². The van der Waals surface area contributed by atoms with Crippen LogP contribution in [0.4, 0.5) is 4.79 Å². The number of hydrogen-bond acceptors (Lipinski definition) is 3. The number of urea groups is 1. The Kier molecular flexibility index (Phi) is 5.21. The third-order valence-corrected chi connectivity index (χ3v) is 3.00. The molecule has 0 spiro atoms. The molecule has 4 N–H and O–H groups in total. The van der Waals surface area contributed by atoms with E-state index < -0.39 is 12.1 Å². The van der Waals surface area contributed by atoms with Crippen LogP contribution in [0.5, 0.6) is 0 Å². The summed E-state index contributed by atoms with van der Waals surface area (Å²) in [7, 11) is 0. The lowest BCUT2D eigenvalue weighted by atomic mass is 10.1. The zero-order chi connectivity index (χ0) is 12.8. The van der Waals surface area contributed by atoms with Gasteiger partial charge in [-0.1, -0.05) is 6.92 Å². The molecule has 0 aromatic heterocycles. The van der Waals surface area contributed by atoms with Gasteiger partial charge in [0.05, 0.1) is 0 Å². The molecule has 1 rings (SSSR count). The van der Waals surface area contributed by atoms with Gasteiger partial charge in [-0.15, -0.1) is 0 Å². The van der Waals surface area contributed by atoms with Crippen LogP contribution in [0, 0.1) is 11.8 Å². The largest absolute Gasteiger partial charge is 0.479 e. The molecule has 0 aliphatic heterocycles. The standard InChI is InChI=1S/C11H20N2O4/c1-7(8-2-3-8)6-13-11(17)12-5-4-9(14)10(15)16/h7-9,14H,2-6H2,1H3,(H,15,16)(H2,12,13,17)/t7?,9-/m0/s1. The van der Waals surface area contributed by atoms with Crippen LogP contribution < -0.4 is 10.6 Å². The average molecular weight is 244 g/mol. The van der Waals surface area contributed by atoms with E-state index in [0.717, 1.165) is 5.92 Å². The number of carboxylic acid groups (broad SMARTS) is 1. The van der Waals surface area contributed by atoms with Crippen molar-refractivity contribution < 1.29 is 19.8 Å². The number of carbonyl (C=O) groups excluding carboxylic acids is 1. The van der Waals surface area contributed by atoms with Crippen molar-refractivity contribution >= 4 is 12.0 Å². The van der Waals surface area contributed by atoms with Crippen LogP contribution in [0.3, 0.4) is 0 Å². The third-order valence-electron chi connectivity index (χ3n) is 3.00. The molecular weight excluding hydrogens is 224 g/mol. The van der Waals surface area contributed by atoms with E-state index in [9.17, 15) is 9.59 Å². The Hall–Kier alpha value is -1.30. The van der Waals surface area contributed by atoms with Crippen molar-refractivity contribution in [3.63, 3.8) is 0 Å². The molecule has 1 fully saturated rings. The van der Waals surface area contributed by atoms with E-state index in [2.05, 4.69) is 17.6 Å². The maximum atomic E-state index is 11.3. The van der Waals surface area contributed by atoms with E-state index in [-0.39, 0.29) is 19.0 Å². The molecular formula is C11H20N2O4. The van der Waals surface area contributed by atoms with Crippen molar-refractivity contribution in [1.29, 1.82) is 0 Å². The van der Waals surface area contributed by atoms with Gasteiger partial charge in [0.15, 0.2) is 6.10 Å². The predicted molar refractivity (Wildman–Crippen MR) is 61.5 cm³/mol. The van der Waals surface area contributed by atoms with E-state index in [1.165, 1.54) is 12.8 Å². The van der Waals surface area contributed by atoms with Gasteiger partial charge in [0.2, 0.25) is 0 Å². The molecule has 98 valence electrons. The van der Waals surface area contributed by atoms with Gasteiger partial charge in [0.25, 0.3) is 0 Å². The summed E-state index contributed by atoms with van der Waals surface area (Å²) in [6.07, 6.45) is 1.09. The number of aliphatic carboxylic acids is 1. The highest BCUT2D eigenvalue weighted by Gasteiger charge is 2.27. The molecule has 2 atom stereocenters. The van der Waals surface area contributed by atoms with Crippen LogP contribution in [0.25, 0.3) is 0 Å². The topological polar surface area (TPSA) is 98.7 Å². The number of amides is 2. The lowest BCUT2D eigenvalue weighted by Gasteiger charge is -2.12. The number of aliphatic hydroxyl groups is 1. The van der Waals surface area contributed by atoms with Gasteiger partial charge in [-0.05, 0) is 24.7 Å². The molecule has 0 heterocycles. The highest BCUT2D eigenvalue weighted by molar-refractivity contribution is 5.74. The molecule has 0 aromatic carbocycles. The minimum Gasteiger partial charge on any atom is -0.479 e. The fourth-order valence-corrected chi connectivity index (χ4v) is 1.59. The molecule has 2 amide bonds. The van der Waals surface area contributed by atoms with Crippen molar-refractivity contribution in [1.82, 2.24) is 10.6 Å². The third kappa shape index (κ3) is 5.53. The summed E-state index contributed by atoms with van der Waals surface area (Å²) >= 11 is 0. The quantitative estimate of drug-likeness (QED) is 0.513. The molecule has 6 nitrogen and oxygen atoms in total. The Balaban J connectivity index is 2.02. The summed E-state index contributed by atoms with van der Waals surface area (Å²) in [5.74, 6) is -0.0379. The summed E-state index contributed by atoms with van der Waals surface area (Å²) < 4.78 is 0. The average Bonchev–Trinajstić information content (AvgIpc) is 3.09. The van der Waals surface area contributed by atoms with Crippen molar-refractivity contribution in [2.75, 3.05) is 13.1 Å². The van der Waals surface area contributed by atoms with Crippen molar-refractivity contribution in [3.05, 3.63) is 0 Å². The second kappa shape index (κ2) is 6.44. The zero-order valence-electron chi connectivity index (χ0n) is 9.98. The maximum Gasteiger partial charge on any atom is 0.332 e. The zero-order valence-corrected chi connectivity index (χ0v) is 9.98. The number of carbonyl (C=O) groups is 2. The Labute approximate surface area is 100 Å². The summed E-state index contributed by atoms with van der Waals surface area (Å²) in [6.45, 7) is 2.89. The maximum absolute atomic E-state index is 11.3. The Morgan fingerprint density at radius 2 is 2.00 bits per heavy atom. The van der Waals surface area contributed by atoms with Crippen molar-refractivity contribution in [2.24, 2.45) is 11.8 Å². The van der Waals surface area contributed by atoms with Gasteiger partial charge in [0.1, 0.15) is 0 Å². The van der Waals surface area contributed by atoms with Gasteiger partial charge < -0.3 is 20.8 Å². The molecule has 0 aromatic rings. The number of nitrogens with one attached hydrogen (secondary N) is 2. The first-order chi connectivity index (χ1) is 8.00. The van der Waals surface area contributed by atoms with Gasteiger partial charge in [0, 0.05) is 19.5 Å². The van der Waals surface area contributed by atoms with Crippen LogP contribution in [0.2, 0.25) is 0 Å². The molecule has 0 radical (unpaired) electrons. The van der Waals surface area contributed by atoms with E-state index in [1.807, 2.05) is 0 Å². The molecule has 0 bridgehead atoms. The summed E-state index contributed by atoms with van der Waals surface area (Å²) in [5, 5.41) is 22.6. The lowest BCUT2D eigenvalue weighted by Crippen LogP contribution is -2.39. The summed E-state index contributed by atoms with van der Waals surface area (Å²) in [6, 6.07) is -0.310. The molecule has 0 saturated heterocycles. The molecule has 1 aliphatic carbocycles. The van der Waals surface area contributed by atoms with Crippen LogP contribution in [-0.2, 0) is 4.79 Å². The summed E-state index contributed by atoms with van der Waals surface area (Å²) in [4.78, 5) is 21.6. The number of rotatable bonds is 7. The second-order valence-electron chi connectivity index (χ2n) is 4.59. The molecule has 1 saturated carbocycles. The lowest BCUT2D eigenvalue weighted by molar-refractivity contribution is -0.146. The van der Waals surface area contributed by atoms with Gasteiger partial charge in [-0.3, -0.25) is 0 Å². The van der Waals surface area contributed by atoms with Crippen LogP contribution >= 0.6 is 0 Å². The van der Waals surface area contributed by atoms with Crippen molar-refractivity contribution in [2.45, 2.75) is 32.3 Å². The monoisotopic (exact) mass is 244 g/mol.